The lowest BCUT2D eigenvalue weighted by atomic mass is 10.1. The number of hydrogen-bond donors (Lipinski definition) is 0. The van der Waals surface area contributed by atoms with E-state index < -0.39 is 30.3 Å². The van der Waals surface area contributed by atoms with Crippen molar-refractivity contribution in [3.05, 3.63) is 0 Å². The van der Waals surface area contributed by atoms with E-state index >= 15 is 0 Å². The minimum absolute atomic E-state index is 0.222. The van der Waals surface area contributed by atoms with Gasteiger partial charge in [0.1, 0.15) is 5.71 Å². The van der Waals surface area contributed by atoms with Crippen LogP contribution in [0.2, 0.25) is 0 Å². The monoisotopic (exact) mass is 291 g/mol. The molecule has 0 spiro atoms. The smallest absolute Gasteiger partial charge is 0.289 e. The van der Waals surface area contributed by atoms with E-state index in [0.717, 1.165) is 12.8 Å². The summed E-state index contributed by atoms with van der Waals surface area (Å²) >= 11 is 0. The van der Waals surface area contributed by atoms with E-state index in [-0.39, 0.29) is 6.54 Å². The summed E-state index contributed by atoms with van der Waals surface area (Å²) in [6.45, 7) is 1.69. The van der Waals surface area contributed by atoms with Crippen LogP contribution >= 0.6 is 0 Å². The Labute approximate surface area is 106 Å². The van der Waals surface area contributed by atoms with Crippen LogP contribution in [-0.2, 0) is 4.79 Å². The van der Waals surface area contributed by atoms with Gasteiger partial charge in [0.05, 0.1) is 6.42 Å². The molecule has 0 aliphatic heterocycles. The number of carbonyl (C=O) groups excluding carboxylic acids is 1. The minimum Gasteiger partial charge on any atom is -0.289 e. The van der Waals surface area contributed by atoms with E-state index in [1.165, 1.54) is 0 Å². The summed E-state index contributed by atoms with van der Waals surface area (Å²) in [6, 6.07) is 0. The maximum atomic E-state index is 12.4. The quantitative estimate of drug-likeness (QED) is 0.394. The summed E-state index contributed by atoms with van der Waals surface area (Å²) < 4.78 is 72.9. The van der Waals surface area contributed by atoms with Crippen LogP contribution in [-0.4, -0.2) is 30.4 Å². The predicted molar refractivity (Wildman–Crippen MR) is 58.2 cm³/mol. The van der Waals surface area contributed by atoms with Gasteiger partial charge < -0.3 is 0 Å². The highest BCUT2D eigenvalue weighted by molar-refractivity contribution is 6.06. The normalized spacial score (nSPS) is 13.7. The Morgan fingerprint density at radius 3 is 1.95 bits per heavy atom. The van der Waals surface area contributed by atoms with Crippen molar-refractivity contribution >= 4 is 11.5 Å². The predicted octanol–water partition coefficient (Wildman–Crippen LogP) is 4.09. The highest BCUT2D eigenvalue weighted by Gasteiger charge is 2.44. The number of halogens is 6. The standard InChI is InChI=1S/C11H15F6NO/c1-2-3-4-5-6-18-8(10(12,13)14)7-9(19)11(15,16)17/h2-7H2,1H3. The van der Waals surface area contributed by atoms with Gasteiger partial charge in [-0.3, -0.25) is 9.79 Å². The molecular formula is C11H15F6NO. The number of alkyl halides is 6. The van der Waals surface area contributed by atoms with Crippen molar-refractivity contribution in [2.24, 2.45) is 4.99 Å². The number of ketones is 1. The molecule has 2 nitrogen and oxygen atoms in total. The molecule has 0 amide bonds. The molecule has 112 valence electrons. The van der Waals surface area contributed by atoms with E-state index in [2.05, 4.69) is 4.99 Å². The van der Waals surface area contributed by atoms with Crippen molar-refractivity contribution in [3.63, 3.8) is 0 Å². The topological polar surface area (TPSA) is 29.4 Å². The molecule has 0 aromatic carbocycles. The molecule has 0 radical (unpaired) electrons. The molecule has 0 saturated carbocycles. The molecule has 0 aliphatic carbocycles. The van der Waals surface area contributed by atoms with Crippen molar-refractivity contribution in [1.29, 1.82) is 0 Å². The van der Waals surface area contributed by atoms with Crippen LogP contribution < -0.4 is 0 Å². The molecule has 0 aromatic rings. The highest BCUT2D eigenvalue weighted by Crippen LogP contribution is 2.24. The number of rotatable bonds is 7. The number of unbranched alkanes of at least 4 members (excludes halogenated alkanes) is 3. The summed E-state index contributed by atoms with van der Waals surface area (Å²) in [4.78, 5) is 13.6. The average molecular weight is 291 g/mol. The van der Waals surface area contributed by atoms with Gasteiger partial charge in [0.2, 0.25) is 5.78 Å². The molecular weight excluding hydrogens is 276 g/mol. The SMILES string of the molecule is CCCCCCN=C(CC(=O)C(F)(F)F)C(F)(F)F. The second-order valence-corrected chi connectivity index (χ2v) is 3.98. The molecule has 8 heteroatoms. The second kappa shape index (κ2) is 7.49. The number of hydrogen-bond acceptors (Lipinski definition) is 2. The van der Waals surface area contributed by atoms with Gasteiger partial charge in [0.15, 0.2) is 0 Å². The van der Waals surface area contributed by atoms with Gasteiger partial charge in [-0.1, -0.05) is 26.2 Å². The van der Waals surface area contributed by atoms with E-state index in [9.17, 15) is 31.1 Å². The van der Waals surface area contributed by atoms with Crippen LogP contribution in [0.5, 0.6) is 0 Å². The van der Waals surface area contributed by atoms with E-state index in [0.29, 0.717) is 12.8 Å². The molecule has 0 aliphatic rings. The number of aliphatic imine (C=N–C) groups is 1. The van der Waals surface area contributed by atoms with Crippen LogP contribution in [0.3, 0.4) is 0 Å². The average Bonchev–Trinajstić information content (AvgIpc) is 2.24. The number of nitrogens with zero attached hydrogens (tertiary/aromatic N) is 1. The van der Waals surface area contributed by atoms with Crippen LogP contribution in [0.15, 0.2) is 4.99 Å². The lowest BCUT2D eigenvalue weighted by Crippen LogP contribution is -2.32. The van der Waals surface area contributed by atoms with Gasteiger partial charge in [-0.05, 0) is 6.42 Å². The molecule has 0 fully saturated rings. The van der Waals surface area contributed by atoms with Crippen molar-refractivity contribution < 1.29 is 31.1 Å². The first kappa shape index (κ1) is 17.9. The third kappa shape index (κ3) is 7.84. The molecule has 19 heavy (non-hydrogen) atoms. The maximum Gasteiger partial charge on any atom is 0.450 e. The zero-order valence-corrected chi connectivity index (χ0v) is 10.4. The maximum absolute atomic E-state index is 12.4. The van der Waals surface area contributed by atoms with E-state index in [1.807, 2.05) is 6.92 Å². The molecule has 0 aromatic heterocycles. The van der Waals surface area contributed by atoms with Gasteiger partial charge in [0.25, 0.3) is 0 Å². The van der Waals surface area contributed by atoms with Crippen LogP contribution in [0.1, 0.15) is 39.0 Å². The summed E-state index contributed by atoms with van der Waals surface area (Å²) in [5, 5.41) is 0. The molecule has 0 bridgehead atoms. The summed E-state index contributed by atoms with van der Waals surface area (Å²) in [6.07, 6.45) is -9.33. The van der Waals surface area contributed by atoms with Gasteiger partial charge in [0, 0.05) is 6.54 Å². The third-order valence-corrected chi connectivity index (χ3v) is 2.29. The molecule has 0 N–H and O–H groups in total. The molecule has 0 atom stereocenters. The van der Waals surface area contributed by atoms with Gasteiger partial charge in [-0.2, -0.15) is 26.3 Å². The van der Waals surface area contributed by atoms with E-state index in [4.69, 9.17) is 0 Å². The summed E-state index contributed by atoms with van der Waals surface area (Å²) in [5.74, 6) is -2.43. The fraction of sp³-hybridized carbons (Fsp3) is 0.818. The van der Waals surface area contributed by atoms with Crippen molar-refractivity contribution in [1.82, 2.24) is 0 Å². The Hall–Kier alpha value is -1.08. The Bertz CT molecular complexity index is 318. The molecule has 0 unspecified atom stereocenters. The zero-order valence-electron chi connectivity index (χ0n) is 10.4. The minimum atomic E-state index is -5.27. The number of carbonyl (C=O) groups is 1. The first-order chi connectivity index (χ1) is 8.59. The fourth-order valence-corrected chi connectivity index (χ4v) is 1.25. The van der Waals surface area contributed by atoms with Crippen LogP contribution in [0.25, 0.3) is 0 Å². The third-order valence-electron chi connectivity index (χ3n) is 2.29. The molecule has 0 heterocycles. The largest absolute Gasteiger partial charge is 0.450 e. The molecule has 0 saturated heterocycles. The Kier molecular flexibility index (Phi) is 7.07. The van der Waals surface area contributed by atoms with Gasteiger partial charge >= 0.3 is 12.4 Å². The van der Waals surface area contributed by atoms with Crippen LogP contribution in [0.4, 0.5) is 26.3 Å². The summed E-state index contributed by atoms with van der Waals surface area (Å²) in [5.41, 5.74) is -1.66. The highest BCUT2D eigenvalue weighted by atomic mass is 19.4. The second-order valence-electron chi connectivity index (χ2n) is 3.98. The first-order valence-corrected chi connectivity index (χ1v) is 5.79. The number of Topliss-reactive ketones (excluding diaryl/α,β-unsaturated/α-hetero) is 1. The zero-order chi connectivity index (χ0) is 15.1. The first-order valence-electron chi connectivity index (χ1n) is 5.79. The molecule has 0 rings (SSSR count). The van der Waals surface area contributed by atoms with Crippen LogP contribution in [0, 0.1) is 0 Å². The summed E-state index contributed by atoms with van der Waals surface area (Å²) in [7, 11) is 0. The Morgan fingerprint density at radius 1 is 0.947 bits per heavy atom. The van der Waals surface area contributed by atoms with E-state index in [1.54, 1.807) is 0 Å². The van der Waals surface area contributed by atoms with Gasteiger partial charge in [-0.25, -0.2) is 0 Å². The fourth-order valence-electron chi connectivity index (χ4n) is 1.25. The van der Waals surface area contributed by atoms with Crippen molar-refractivity contribution in [3.8, 4) is 0 Å². The Morgan fingerprint density at radius 2 is 1.53 bits per heavy atom. The lowest BCUT2D eigenvalue weighted by molar-refractivity contribution is -0.170. The lowest BCUT2D eigenvalue weighted by Gasteiger charge is -2.11. The Balaban J connectivity index is 4.57. The van der Waals surface area contributed by atoms with Crippen molar-refractivity contribution in [2.75, 3.05) is 6.54 Å². The van der Waals surface area contributed by atoms with Gasteiger partial charge in [-0.15, -0.1) is 0 Å². The van der Waals surface area contributed by atoms with Crippen molar-refractivity contribution in [2.45, 2.75) is 51.4 Å².